The van der Waals surface area contributed by atoms with E-state index in [2.05, 4.69) is 0 Å². The second kappa shape index (κ2) is 9.16. The predicted molar refractivity (Wildman–Crippen MR) is 12.3 cm³/mol. The average Bonchev–Trinajstić information content (AvgIpc) is 0.722. The van der Waals surface area contributed by atoms with Gasteiger partial charge >= 0.3 is 59.1 Å². The molecule has 4 nitrogen and oxygen atoms in total. The van der Waals surface area contributed by atoms with Crippen LogP contribution >= 0.6 is 0 Å². The first-order chi connectivity index (χ1) is 2.00. The molecule has 0 saturated heterocycles. The van der Waals surface area contributed by atoms with Gasteiger partial charge in [0.15, 0.2) is 0 Å². The summed E-state index contributed by atoms with van der Waals surface area (Å²) in [6.45, 7) is 0. The third kappa shape index (κ3) is 89.7. The first-order valence-corrected chi connectivity index (χ1v) is 2.05. The first kappa shape index (κ1) is 22.5. The molecule has 0 aliphatic rings. The minimum atomic E-state index is -4.92. The van der Waals surface area contributed by atoms with Crippen molar-refractivity contribution in [3.8, 4) is 0 Å². The molecular weight excluding hydrogens is 177 g/mol. The maximum atomic E-state index is 8.63. The molecule has 0 aromatic heterocycles. The van der Waals surface area contributed by atoms with Crippen molar-refractivity contribution < 1.29 is 89.0 Å². The Morgan fingerprint density at radius 1 is 1.25 bits per heavy atom. The third-order valence-corrected chi connectivity index (χ3v) is 0. The maximum absolute atomic E-state index is 8.63. The largest absolute Gasteiger partial charge is 1.00 e. The Labute approximate surface area is 98.0 Å². The van der Waals surface area contributed by atoms with Crippen LogP contribution in [0.4, 0.5) is 0 Å². The fraction of sp³-hybridized carbons (Fsp3) is 0. The summed E-state index contributed by atoms with van der Waals surface area (Å²) in [7, 11) is -4.92. The molecule has 0 aromatic rings. The molecule has 0 aromatic carbocycles. The van der Waals surface area contributed by atoms with Crippen LogP contribution < -0.4 is 71.5 Å². The minimum Gasteiger partial charge on any atom is -1.00 e. The Morgan fingerprint density at radius 2 is 1.25 bits per heavy atom. The van der Waals surface area contributed by atoms with E-state index in [1.165, 1.54) is 0 Å². The van der Waals surface area contributed by atoms with Gasteiger partial charge in [-0.25, -0.2) is 8.42 Å². The van der Waals surface area contributed by atoms with Crippen LogP contribution in [0, 0.1) is 0 Å². The molecule has 0 radical (unpaired) electrons. The van der Waals surface area contributed by atoms with Gasteiger partial charge in [-0.1, -0.05) is 0 Å². The van der Waals surface area contributed by atoms with Crippen molar-refractivity contribution in [1.82, 2.24) is 0 Å². The molecule has 0 rings (SSSR count). The van der Waals surface area contributed by atoms with E-state index in [1.54, 1.807) is 0 Å². The summed E-state index contributed by atoms with van der Waals surface area (Å²) >= 11 is 0. The van der Waals surface area contributed by atoms with Crippen molar-refractivity contribution in [2.24, 2.45) is 0 Å². The molecule has 40 valence electrons. The molecule has 8 heavy (non-hydrogen) atoms. The first-order valence-electron chi connectivity index (χ1n) is 0.683. The minimum absolute atomic E-state index is 0. The molecule has 1 N–H and O–H groups in total. The van der Waals surface area contributed by atoms with Gasteiger partial charge in [-0.2, -0.15) is 0 Å². The Bertz CT molecular complexity index is 97.2. The smallest absolute Gasteiger partial charge is 1.00 e. The summed E-state index contributed by atoms with van der Waals surface area (Å²) in [5.74, 6) is 0. The summed E-state index contributed by atoms with van der Waals surface area (Å²) < 4.78 is 32.8. The molecule has 0 aliphatic heterocycles. The fourth-order valence-electron chi connectivity index (χ4n) is 0. The van der Waals surface area contributed by atoms with E-state index in [9.17, 15) is 0 Å². The van der Waals surface area contributed by atoms with Gasteiger partial charge in [0.2, 0.25) is 10.4 Å². The summed E-state index contributed by atoms with van der Waals surface area (Å²) in [4.78, 5) is 0. The second-order valence-electron chi connectivity index (χ2n) is 0.428. The van der Waals surface area contributed by atoms with Gasteiger partial charge < -0.3 is 17.0 Å². The normalized spacial score (nSPS) is 7.25. The average molecular weight is 179 g/mol. The van der Waals surface area contributed by atoms with Crippen LogP contribution in [0.2, 0.25) is 0 Å². The Kier molecular flexibility index (Phi) is 25.7. The molecule has 0 saturated carbocycles. The van der Waals surface area contributed by atoms with Gasteiger partial charge in [0.25, 0.3) is 0 Å². The SMILES string of the molecule is O=S(=O)([O-])O.[Cl-].[Na+].[Na+]. The van der Waals surface area contributed by atoms with Crippen molar-refractivity contribution in [2.75, 3.05) is 0 Å². The van der Waals surface area contributed by atoms with E-state index >= 15 is 0 Å². The Morgan fingerprint density at radius 3 is 1.25 bits per heavy atom. The molecule has 8 heteroatoms. The molecule has 0 aliphatic carbocycles. The van der Waals surface area contributed by atoms with Gasteiger partial charge in [-0.3, -0.25) is 4.55 Å². The van der Waals surface area contributed by atoms with E-state index < -0.39 is 10.4 Å². The Hall–Kier alpha value is 2.16. The van der Waals surface area contributed by atoms with Crippen molar-refractivity contribution in [2.45, 2.75) is 0 Å². The summed E-state index contributed by atoms with van der Waals surface area (Å²) in [5, 5.41) is 0. The zero-order valence-electron chi connectivity index (χ0n) is 4.46. The van der Waals surface area contributed by atoms with Gasteiger partial charge in [0.05, 0.1) is 0 Å². The second-order valence-corrected chi connectivity index (χ2v) is 1.28. The molecule has 0 unspecified atom stereocenters. The fourth-order valence-corrected chi connectivity index (χ4v) is 0. The van der Waals surface area contributed by atoms with E-state index in [0.29, 0.717) is 0 Å². The summed E-state index contributed by atoms with van der Waals surface area (Å²) in [5.41, 5.74) is 0. The van der Waals surface area contributed by atoms with E-state index in [0.717, 1.165) is 0 Å². The standard InChI is InChI=1S/ClH.2Na.H2O4S/c;;;1-5(2,3)4/h1H;;;(H2,1,2,3,4)/q;2*+1;/p-2. The van der Waals surface area contributed by atoms with E-state index in [1.807, 2.05) is 0 Å². The van der Waals surface area contributed by atoms with Crippen LogP contribution in [0.15, 0.2) is 0 Å². The van der Waals surface area contributed by atoms with Crippen molar-refractivity contribution >= 4 is 10.4 Å². The van der Waals surface area contributed by atoms with Crippen LogP contribution in [-0.2, 0) is 10.4 Å². The zero-order valence-corrected chi connectivity index (χ0v) is 10.0. The van der Waals surface area contributed by atoms with Crippen LogP contribution in [-0.4, -0.2) is 17.5 Å². The molecule has 0 heterocycles. The van der Waals surface area contributed by atoms with Gasteiger partial charge in [0, 0.05) is 0 Å². The molecule has 0 bridgehead atoms. The van der Waals surface area contributed by atoms with E-state index in [4.69, 9.17) is 17.5 Å². The van der Waals surface area contributed by atoms with Crippen LogP contribution in [0.3, 0.4) is 0 Å². The van der Waals surface area contributed by atoms with Crippen molar-refractivity contribution in [1.29, 1.82) is 0 Å². The molecular formula is HClNa2O4S. The quantitative estimate of drug-likeness (QED) is 0.227. The van der Waals surface area contributed by atoms with E-state index in [-0.39, 0.29) is 71.5 Å². The number of halogens is 1. The van der Waals surface area contributed by atoms with Gasteiger partial charge in [0.1, 0.15) is 0 Å². The molecule has 0 atom stereocenters. The predicted octanol–water partition coefficient (Wildman–Crippen LogP) is -9.98. The molecule has 0 amide bonds. The maximum Gasteiger partial charge on any atom is 1.00 e. The Balaban J connectivity index is -0.0000000267. The van der Waals surface area contributed by atoms with Crippen LogP contribution in [0.1, 0.15) is 0 Å². The topological polar surface area (TPSA) is 77.4 Å². The number of rotatable bonds is 0. The van der Waals surface area contributed by atoms with Crippen molar-refractivity contribution in [3.05, 3.63) is 0 Å². The van der Waals surface area contributed by atoms with Crippen LogP contribution in [0.5, 0.6) is 0 Å². The summed E-state index contributed by atoms with van der Waals surface area (Å²) in [6.07, 6.45) is 0. The summed E-state index contributed by atoms with van der Waals surface area (Å²) in [6, 6.07) is 0. The monoisotopic (exact) mass is 178 g/mol. The van der Waals surface area contributed by atoms with Crippen molar-refractivity contribution in [3.63, 3.8) is 0 Å². The zero-order chi connectivity index (χ0) is 4.50. The molecule has 0 spiro atoms. The molecule has 0 fully saturated rings. The number of hydrogen-bond donors (Lipinski definition) is 1. The van der Waals surface area contributed by atoms with Crippen LogP contribution in [0.25, 0.3) is 0 Å². The van der Waals surface area contributed by atoms with Gasteiger partial charge in [-0.15, -0.1) is 0 Å². The number of hydrogen-bond acceptors (Lipinski definition) is 3. The third-order valence-electron chi connectivity index (χ3n) is 0. The van der Waals surface area contributed by atoms with Gasteiger partial charge in [-0.05, 0) is 0 Å².